The Balaban J connectivity index is 1.69. The molecule has 2 N–H and O–H groups in total. The summed E-state index contributed by atoms with van der Waals surface area (Å²) in [5, 5.41) is 7.28. The molecule has 24 heavy (non-hydrogen) atoms. The van der Waals surface area contributed by atoms with Crippen molar-refractivity contribution in [2.24, 2.45) is 0 Å². The lowest BCUT2D eigenvalue weighted by Crippen LogP contribution is -2.49. The van der Waals surface area contributed by atoms with Gasteiger partial charge in [0.05, 0.1) is 21.8 Å². The van der Waals surface area contributed by atoms with E-state index in [0.29, 0.717) is 6.54 Å². The Bertz CT molecular complexity index is 697. The molecule has 1 aliphatic rings. The van der Waals surface area contributed by atoms with Gasteiger partial charge in [-0.25, -0.2) is 4.98 Å². The van der Waals surface area contributed by atoms with Gasteiger partial charge in [-0.3, -0.25) is 9.69 Å². The fourth-order valence-corrected chi connectivity index (χ4v) is 3.68. The zero-order chi connectivity index (χ0) is 16.9. The van der Waals surface area contributed by atoms with Crippen molar-refractivity contribution in [3.05, 3.63) is 23.2 Å². The van der Waals surface area contributed by atoms with Crippen molar-refractivity contribution < 1.29 is 9.53 Å². The minimum atomic E-state index is -0.0795. The first-order chi connectivity index (χ1) is 11.6. The number of hydrogen-bond acceptors (Lipinski definition) is 6. The van der Waals surface area contributed by atoms with Gasteiger partial charge in [0, 0.05) is 45.7 Å². The number of ether oxygens (including phenoxy) is 1. The van der Waals surface area contributed by atoms with Gasteiger partial charge in [0.1, 0.15) is 11.9 Å². The number of fused-ring (bicyclic) bond motifs is 1. The number of nitrogens with zero attached hydrogens (tertiary/aromatic N) is 2. The topological polar surface area (TPSA) is 66.5 Å². The van der Waals surface area contributed by atoms with E-state index >= 15 is 0 Å². The zero-order valence-corrected chi connectivity index (χ0v) is 15.0. The number of benzene rings is 1. The Kier molecular flexibility index (Phi) is 5.65. The van der Waals surface area contributed by atoms with E-state index in [1.54, 1.807) is 11.3 Å². The molecule has 1 unspecified atom stereocenters. The third-order valence-electron chi connectivity index (χ3n) is 4.02. The van der Waals surface area contributed by atoms with Gasteiger partial charge < -0.3 is 15.4 Å². The molecule has 0 bridgehead atoms. The molecule has 0 aliphatic carbocycles. The van der Waals surface area contributed by atoms with Crippen LogP contribution in [0.25, 0.3) is 10.2 Å². The third kappa shape index (κ3) is 4.66. The first-order valence-electron chi connectivity index (χ1n) is 8.31. The molecule has 0 saturated carbocycles. The molecular weight excluding hydrogens is 324 g/mol. The average molecular weight is 348 g/mol. The van der Waals surface area contributed by atoms with Crippen molar-refractivity contribution in [1.29, 1.82) is 0 Å². The molecule has 2 heterocycles. The van der Waals surface area contributed by atoms with Crippen molar-refractivity contribution in [2.45, 2.75) is 20.0 Å². The number of piperazine rings is 1. The SMILES string of the molecule is CC(=O)NCC(CN1CCNCC1)Oc1ccc2sc(C)nc2c1. The van der Waals surface area contributed by atoms with Crippen molar-refractivity contribution in [3.8, 4) is 5.75 Å². The largest absolute Gasteiger partial charge is 0.487 e. The molecule has 1 aliphatic heterocycles. The highest BCUT2D eigenvalue weighted by molar-refractivity contribution is 7.18. The molecule has 1 atom stereocenters. The summed E-state index contributed by atoms with van der Waals surface area (Å²) in [4.78, 5) is 18.2. The smallest absolute Gasteiger partial charge is 0.217 e. The van der Waals surface area contributed by atoms with Crippen LogP contribution in [0.5, 0.6) is 5.75 Å². The maximum atomic E-state index is 11.3. The van der Waals surface area contributed by atoms with Gasteiger partial charge >= 0.3 is 0 Å². The fourth-order valence-electron chi connectivity index (χ4n) is 2.87. The molecule has 0 spiro atoms. The second-order valence-corrected chi connectivity index (χ2v) is 7.32. The van der Waals surface area contributed by atoms with Crippen LogP contribution < -0.4 is 15.4 Å². The Morgan fingerprint density at radius 2 is 2.25 bits per heavy atom. The van der Waals surface area contributed by atoms with Gasteiger partial charge in [-0.15, -0.1) is 11.3 Å². The molecule has 7 heteroatoms. The number of rotatable bonds is 6. The summed E-state index contributed by atoms with van der Waals surface area (Å²) < 4.78 is 7.34. The number of carbonyl (C=O) groups is 1. The van der Waals surface area contributed by atoms with Crippen LogP contribution in [0.2, 0.25) is 0 Å². The second-order valence-electron chi connectivity index (χ2n) is 6.09. The summed E-state index contributed by atoms with van der Waals surface area (Å²) in [5.74, 6) is 0.771. The summed E-state index contributed by atoms with van der Waals surface area (Å²) in [6.45, 7) is 8.85. The molecular formula is C17H24N4O2S. The summed E-state index contributed by atoms with van der Waals surface area (Å²) in [6, 6.07) is 6.02. The van der Waals surface area contributed by atoms with E-state index in [-0.39, 0.29) is 12.0 Å². The Morgan fingerprint density at radius 1 is 1.46 bits per heavy atom. The van der Waals surface area contributed by atoms with Crippen LogP contribution in [0.1, 0.15) is 11.9 Å². The highest BCUT2D eigenvalue weighted by Crippen LogP contribution is 2.26. The standard InChI is InChI=1S/C17H24N4O2S/c1-12(22)19-10-15(11-21-7-5-18-6-8-21)23-14-3-4-17-16(9-14)20-13(2)24-17/h3-4,9,15,18H,5-8,10-11H2,1-2H3,(H,19,22). The molecule has 1 amide bonds. The van der Waals surface area contributed by atoms with Crippen molar-refractivity contribution >= 4 is 27.5 Å². The molecule has 1 aromatic carbocycles. The number of thiazole rings is 1. The predicted octanol–water partition coefficient (Wildman–Crippen LogP) is 1.39. The summed E-state index contributed by atoms with van der Waals surface area (Å²) in [7, 11) is 0. The lowest BCUT2D eigenvalue weighted by atomic mass is 10.2. The van der Waals surface area contributed by atoms with Gasteiger partial charge in [-0.2, -0.15) is 0 Å². The lowest BCUT2D eigenvalue weighted by molar-refractivity contribution is -0.119. The van der Waals surface area contributed by atoms with Gasteiger partial charge in [-0.1, -0.05) is 0 Å². The number of aromatic nitrogens is 1. The average Bonchev–Trinajstić information content (AvgIpc) is 2.93. The van der Waals surface area contributed by atoms with Gasteiger partial charge in [0.15, 0.2) is 0 Å². The number of hydrogen-bond donors (Lipinski definition) is 2. The Hall–Kier alpha value is -1.70. The first-order valence-corrected chi connectivity index (χ1v) is 9.13. The quantitative estimate of drug-likeness (QED) is 0.826. The minimum Gasteiger partial charge on any atom is -0.487 e. The zero-order valence-electron chi connectivity index (χ0n) is 14.2. The Labute approximate surface area is 146 Å². The van der Waals surface area contributed by atoms with Crippen LogP contribution in [0.4, 0.5) is 0 Å². The van der Waals surface area contributed by atoms with Gasteiger partial charge in [-0.05, 0) is 19.1 Å². The molecule has 3 rings (SSSR count). The van der Waals surface area contributed by atoms with E-state index in [2.05, 4.69) is 26.6 Å². The lowest BCUT2D eigenvalue weighted by Gasteiger charge is -2.31. The molecule has 1 saturated heterocycles. The van der Waals surface area contributed by atoms with E-state index in [4.69, 9.17) is 4.74 Å². The van der Waals surface area contributed by atoms with E-state index < -0.39 is 0 Å². The normalized spacial score (nSPS) is 16.9. The maximum Gasteiger partial charge on any atom is 0.217 e. The van der Waals surface area contributed by atoms with E-state index in [1.807, 2.05) is 19.1 Å². The highest BCUT2D eigenvalue weighted by Gasteiger charge is 2.18. The molecule has 2 aromatic rings. The first kappa shape index (κ1) is 17.1. The van der Waals surface area contributed by atoms with Crippen molar-refractivity contribution in [3.63, 3.8) is 0 Å². The third-order valence-corrected chi connectivity index (χ3v) is 4.97. The maximum absolute atomic E-state index is 11.3. The minimum absolute atomic E-state index is 0.0329. The van der Waals surface area contributed by atoms with Crippen LogP contribution >= 0.6 is 11.3 Å². The van der Waals surface area contributed by atoms with Crippen molar-refractivity contribution in [1.82, 2.24) is 20.5 Å². The van der Waals surface area contributed by atoms with Crippen LogP contribution in [-0.4, -0.2) is 61.2 Å². The van der Waals surface area contributed by atoms with E-state index in [0.717, 1.165) is 49.0 Å². The second kappa shape index (κ2) is 7.92. The number of amides is 1. The van der Waals surface area contributed by atoms with Crippen LogP contribution in [0, 0.1) is 6.92 Å². The number of aryl methyl sites for hydroxylation is 1. The van der Waals surface area contributed by atoms with Gasteiger partial charge in [0.25, 0.3) is 0 Å². The molecule has 0 radical (unpaired) electrons. The Morgan fingerprint density at radius 3 is 3.00 bits per heavy atom. The molecule has 1 fully saturated rings. The summed E-state index contributed by atoms with van der Waals surface area (Å²) >= 11 is 1.68. The van der Waals surface area contributed by atoms with Crippen LogP contribution in [-0.2, 0) is 4.79 Å². The van der Waals surface area contributed by atoms with E-state index in [9.17, 15) is 4.79 Å². The van der Waals surface area contributed by atoms with E-state index in [1.165, 1.54) is 11.6 Å². The molecule has 130 valence electrons. The predicted molar refractivity (Wildman–Crippen MR) is 96.8 cm³/mol. The summed E-state index contributed by atoms with van der Waals surface area (Å²) in [5.41, 5.74) is 0.968. The monoisotopic (exact) mass is 348 g/mol. The van der Waals surface area contributed by atoms with Crippen LogP contribution in [0.3, 0.4) is 0 Å². The summed E-state index contributed by atoms with van der Waals surface area (Å²) in [6.07, 6.45) is -0.0795. The highest BCUT2D eigenvalue weighted by atomic mass is 32.1. The molecule has 6 nitrogen and oxygen atoms in total. The van der Waals surface area contributed by atoms with Gasteiger partial charge in [0.2, 0.25) is 5.91 Å². The fraction of sp³-hybridized carbons (Fsp3) is 0.529. The van der Waals surface area contributed by atoms with Crippen molar-refractivity contribution in [2.75, 3.05) is 39.3 Å². The number of nitrogens with one attached hydrogen (secondary N) is 2. The number of carbonyl (C=O) groups excluding carboxylic acids is 1. The molecule has 1 aromatic heterocycles. The van der Waals surface area contributed by atoms with Crippen LogP contribution in [0.15, 0.2) is 18.2 Å².